The second-order valence-corrected chi connectivity index (χ2v) is 11.8. The van der Waals surface area contributed by atoms with Crippen molar-refractivity contribution in [2.24, 2.45) is 0 Å². The van der Waals surface area contributed by atoms with Crippen LogP contribution < -0.4 is 0 Å². The zero-order chi connectivity index (χ0) is 16.3. The van der Waals surface area contributed by atoms with Crippen LogP contribution in [0.2, 0.25) is 18.1 Å². The number of amides is 1. The summed E-state index contributed by atoms with van der Waals surface area (Å²) in [5.41, 5.74) is 0. The zero-order valence-corrected chi connectivity index (χ0v) is 14.6. The number of hydrogen-bond donors (Lipinski definition) is 2. The number of aliphatic hydroxyl groups is 1. The highest BCUT2D eigenvalue weighted by molar-refractivity contribution is 6.74. The van der Waals surface area contributed by atoms with Gasteiger partial charge in [-0.25, -0.2) is 4.79 Å². The van der Waals surface area contributed by atoms with Crippen molar-refractivity contribution in [2.75, 3.05) is 6.54 Å². The lowest BCUT2D eigenvalue weighted by Crippen LogP contribution is -2.44. The number of rotatable bonds is 2. The Morgan fingerprint density at radius 3 is 2.52 bits per heavy atom. The largest absolute Gasteiger partial charge is 0.465 e. The first kappa shape index (κ1) is 18.0. The van der Waals surface area contributed by atoms with Crippen LogP contribution >= 0.6 is 0 Å². The minimum atomic E-state index is -2.08. The van der Waals surface area contributed by atoms with E-state index in [9.17, 15) is 9.90 Å². The van der Waals surface area contributed by atoms with Crippen molar-refractivity contribution in [3.63, 3.8) is 0 Å². The molecule has 0 radical (unpaired) electrons. The van der Waals surface area contributed by atoms with E-state index in [1.807, 2.05) is 13.1 Å². The van der Waals surface area contributed by atoms with E-state index in [0.29, 0.717) is 13.0 Å². The van der Waals surface area contributed by atoms with Crippen LogP contribution in [0.3, 0.4) is 0 Å². The molecule has 1 fully saturated rings. The standard InChI is InChI=1S/C15H27NO4Si/c1-15(2,3)21(4,5)20-13(17)10-9-12-8-6-7-11-16(12)14(18)19/h12-13,17H,6-8,11H2,1-5H3,(H,18,19)/t12?,13-/m0/s1. The van der Waals surface area contributed by atoms with E-state index in [4.69, 9.17) is 9.53 Å². The highest BCUT2D eigenvalue weighted by Gasteiger charge is 2.38. The molecule has 0 aliphatic carbocycles. The predicted octanol–water partition coefficient (Wildman–Crippen LogP) is 2.86. The Hall–Kier alpha value is -1.03. The van der Waals surface area contributed by atoms with E-state index < -0.39 is 20.7 Å². The summed E-state index contributed by atoms with van der Waals surface area (Å²) in [6, 6.07) is -0.339. The molecule has 0 bridgehead atoms. The van der Waals surface area contributed by atoms with Gasteiger partial charge in [-0.3, -0.25) is 4.90 Å². The van der Waals surface area contributed by atoms with Crippen LogP contribution in [0, 0.1) is 11.8 Å². The van der Waals surface area contributed by atoms with Crippen LogP contribution in [-0.2, 0) is 4.43 Å². The van der Waals surface area contributed by atoms with E-state index in [2.05, 4.69) is 32.6 Å². The van der Waals surface area contributed by atoms with E-state index in [1.165, 1.54) is 4.90 Å². The van der Waals surface area contributed by atoms with Gasteiger partial charge in [0.15, 0.2) is 8.32 Å². The van der Waals surface area contributed by atoms with Gasteiger partial charge >= 0.3 is 6.09 Å². The van der Waals surface area contributed by atoms with Crippen LogP contribution in [0.25, 0.3) is 0 Å². The molecule has 1 unspecified atom stereocenters. The number of carboxylic acid groups (broad SMARTS) is 1. The predicted molar refractivity (Wildman–Crippen MR) is 84.4 cm³/mol. The summed E-state index contributed by atoms with van der Waals surface area (Å²) in [4.78, 5) is 12.5. The molecule has 0 aromatic rings. The van der Waals surface area contributed by atoms with Gasteiger partial charge in [-0.2, -0.15) is 0 Å². The van der Waals surface area contributed by atoms with Crippen LogP contribution in [0.5, 0.6) is 0 Å². The summed E-state index contributed by atoms with van der Waals surface area (Å²) in [6.07, 6.45) is 0.444. The van der Waals surface area contributed by atoms with Crippen LogP contribution in [0.4, 0.5) is 4.79 Å². The quantitative estimate of drug-likeness (QED) is 0.467. The fourth-order valence-electron chi connectivity index (χ4n) is 1.96. The average molecular weight is 313 g/mol. The van der Waals surface area contributed by atoms with Crippen LogP contribution in [0.1, 0.15) is 40.0 Å². The summed E-state index contributed by atoms with van der Waals surface area (Å²) in [7, 11) is -2.08. The van der Waals surface area contributed by atoms with Crippen molar-refractivity contribution in [1.82, 2.24) is 4.90 Å². The molecule has 1 amide bonds. The van der Waals surface area contributed by atoms with Crippen molar-refractivity contribution >= 4 is 14.4 Å². The molecule has 1 heterocycles. The fourth-order valence-corrected chi connectivity index (χ4v) is 2.93. The van der Waals surface area contributed by atoms with Gasteiger partial charge in [0.2, 0.25) is 6.29 Å². The van der Waals surface area contributed by atoms with Gasteiger partial charge in [-0.15, -0.1) is 0 Å². The van der Waals surface area contributed by atoms with Gasteiger partial charge in [0.1, 0.15) is 0 Å². The minimum absolute atomic E-state index is 0.00635. The lowest BCUT2D eigenvalue weighted by molar-refractivity contribution is 0.0209. The highest BCUT2D eigenvalue weighted by Crippen LogP contribution is 2.37. The number of likely N-dealkylation sites (tertiary alicyclic amines) is 1. The molecule has 5 nitrogen and oxygen atoms in total. The lowest BCUT2D eigenvalue weighted by Gasteiger charge is -2.36. The summed E-state index contributed by atoms with van der Waals surface area (Å²) >= 11 is 0. The van der Waals surface area contributed by atoms with E-state index in [-0.39, 0.29) is 11.1 Å². The smallest absolute Gasteiger partial charge is 0.408 e. The first-order valence-electron chi connectivity index (χ1n) is 7.41. The van der Waals surface area contributed by atoms with Gasteiger partial charge in [-0.1, -0.05) is 26.7 Å². The lowest BCUT2D eigenvalue weighted by atomic mass is 10.0. The molecular weight excluding hydrogens is 286 g/mol. The van der Waals surface area contributed by atoms with Crippen molar-refractivity contribution < 1.29 is 19.4 Å². The molecule has 0 aromatic carbocycles. The zero-order valence-electron chi connectivity index (χ0n) is 13.6. The normalized spacial score (nSPS) is 21.4. The van der Waals surface area contributed by atoms with Gasteiger partial charge in [0, 0.05) is 6.54 Å². The first-order valence-corrected chi connectivity index (χ1v) is 10.3. The summed E-state index contributed by atoms with van der Waals surface area (Å²) in [5.74, 6) is 5.55. The summed E-state index contributed by atoms with van der Waals surface area (Å²) in [5, 5.41) is 19.1. The number of carbonyl (C=O) groups is 1. The maximum absolute atomic E-state index is 11.1. The van der Waals surface area contributed by atoms with Crippen molar-refractivity contribution in [1.29, 1.82) is 0 Å². The number of hydrogen-bond acceptors (Lipinski definition) is 3. The van der Waals surface area contributed by atoms with Crippen LogP contribution in [0.15, 0.2) is 0 Å². The number of piperidine rings is 1. The SMILES string of the molecule is CC(C)(C)[Si](C)(C)O[C@H](O)C#CC1CCCCN1C(=O)O. The molecular formula is C15H27NO4Si. The third kappa shape index (κ3) is 5.02. The van der Waals surface area contributed by atoms with Gasteiger partial charge in [0.05, 0.1) is 6.04 Å². The molecule has 1 aliphatic heterocycles. The molecule has 0 aromatic heterocycles. The molecule has 1 saturated heterocycles. The topological polar surface area (TPSA) is 70.0 Å². The van der Waals surface area contributed by atoms with E-state index in [1.54, 1.807) is 0 Å². The van der Waals surface area contributed by atoms with Gasteiger partial charge in [0.25, 0.3) is 0 Å². The third-order valence-electron chi connectivity index (χ3n) is 4.33. The average Bonchev–Trinajstić information content (AvgIpc) is 2.34. The number of nitrogens with zero attached hydrogens (tertiary/aromatic N) is 1. The Balaban J connectivity index is 2.70. The number of aliphatic hydroxyl groups excluding tert-OH is 1. The Morgan fingerprint density at radius 2 is 2.00 bits per heavy atom. The van der Waals surface area contributed by atoms with Crippen molar-refractivity contribution in [3.05, 3.63) is 0 Å². The van der Waals surface area contributed by atoms with Gasteiger partial charge in [-0.05, 0) is 43.3 Å². The summed E-state index contributed by atoms with van der Waals surface area (Å²) < 4.78 is 5.74. The first-order chi connectivity index (χ1) is 9.54. The molecule has 120 valence electrons. The molecule has 6 heteroatoms. The minimum Gasteiger partial charge on any atom is -0.465 e. The molecule has 2 N–H and O–H groups in total. The second kappa shape index (κ2) is 6.82. The third-order valence-corrected chi connectivity index (χ3v) is 8.76. The Bertz CT molecular complexity index is 433. The molecule has 0 saturated carbocycles. The Labute approximate surface area is 128 Å². The molecule has 21 heavy (non-hydrogen) atoms. The van der Waals surface area contributed by atoms with E-state index >= 15 is 0 Å². The van der Waals surface area contributed by atoms with Crippen molar-refractivity contribution in [2.45, 2.75) is 70.5 Å². The Morgan fingerprint density at radius 1 is 1.38 bits per heavy atom. The monoisotopic (exact) mass is 313 g/mol. The van der Waals surface area contributed by atoms with Crippen molar-refractivity contribution in [3.8, 4) is 11.8 Å². The Kier molecular flexibility index (Phi) is 5.85. The molecule has 2 atom stereocenters. The fraction of sp³-hybridized carbons (Fsp3) is 0.800. The maximum atomic E-state index is 11.1. The van der Waals surface area contributed by atoms with E-state index in [0.717, 1.165) is 12.8 Å². The maximum Gasteiger partial charge on any atom is 0.408 e. The molecule has 1 rings (SSSR count). The highest BCUT2D eigenvalue weighted by atomic mass is 28.4. The molecule has 0 spiro atoms. The second-order valence-electron chi connectivity index (χ2n) is 7.01. The molecule has 1 aliphatic rings. The summed E-state index contributed by atoms with van der Waals surface area (Å²) in [6.45, 7) is 10.9. The van der Waals surface area contributed by atoms with Crippen LogP contribution in [-0.4, -0.2) is 48.4 Å². The van der Waals surface area contributed by atoms with Gasteiger partial charge < -0.3 is 14.6 Å².